The maximum atomic E-state index is 13.6. The highest BCUT2D eigenvalue weighted by molar-refractivity contribution is 5.88. The van der Waals surface area contributed by atoms with Crippen LogP contribution in [-0.2, 0) is 4.74 Å². The summed E-state index contributed by atoms with van der Waals surface area (Å²) in [4.78, 5) is 10.7. The topological polar surface area (TPSA) is 58.6 Å². The lowest BCUT2D eigenvalue weighted by atomic mass is 10.2. The number of benzene rings is 1. The molecule has 0 spiro atoms. The van der Waals surface area contributed by atoms with Crippen LogP contribution < -0.4 is 5.32 Å². The first-order valence-electron chi connectivity index (χ1n) is 6.55. The van der Waals surface area contributed by atoms with Gasteiger partial charge >= 0.3 is 5.97 Å². The molecule has 0 unspecified atom stereocenters. The van der Waals surface area contributed by atoms with Crippen molar-refractivity contribution in [2.24, 2.45) is 0 Å². The van der Waals surface area contributed by atoms with Gasteiger partial charge in [-0.15, -0.1) is 0 Å². The molecule has 0 aliphatic heterocycles. The van der Waals surface area contributed by atoms with E-state index in [2.05, 4.69) is 5.32 Å². The molecule has 1 fully saturated rings. The van der Waals surface area contributed by atoms with Crippen LogP contribution in [0.5, 0.6) is 0 Å². The van der Waals surface area contributed by atoms with E-state index in [1.807, 2.05) is 0 Å². The SMILES string of the molecule is O=C(O)c1ccc(NCCOC2CCCC2)c(F)c1. The van der Waals surface area contributed by atoms with E-state index in [0.29, 0.717) is 24.9 Å². The summed E-state index contributed by atoms with van der Waals surface area (Å²) in [5, 5.41) is 11.6. The predicted octanol–water partition coefficient (Wildman–Crippen LogP) is 2.90. The van der Waals surface area contributed by atoms with Gasteiger partial charge in [0.05, 0.1) is 24.0 Å². The lowest BCUT2D eigenvalue weighted by Gasteiger charge is -2.12. The summed E-state index contributed by atoms with van der Waals surface area (Å²) in [7, 11) is 0. The number of carbonyl (C=O) groups is 1. The molecule has 1 saturated carbocycles. The minimum Gasteiger partial charge on any atom is -0.478 e. The van der Waals surface area contributed by atoms with Gasteiger partial charge in [0.25, 0.3) is 0 Å². The summed E-state index contributed by atoms with van der Waals surface area (Å²) in [6.07, 6.45) is 5.02. The zero-order chi connectivity index (χ0) is 13.7. The van der Waals surface area contributed by atoms with E-state index in [0.717, 1.165) is 18.9 Å². The second-order valence-corrected chi connectivity index (χ2v) is 4.70. The van der Waals surface area contributed by atoms with Crippen LogP contribution in [0.25, 0.3) is 0 Å². The van der Waals surface area contributed by atoms with Crippen molar-refractivity contribution in [3.63, 3.8) is 0 Å². The number of ether oxygens (including phenoxy) is 1. The number of hydrogen-bond donors (Lipinski definition) is 2. The molecule has 5 heteroatoms. The van der Waals surface area contributed by atoms with Gasteiger partial charge in [0.2, 0.25) is 0 Å². The van der Waals surface area contributed by atoms with Gasteiger partial charge in [0, 0.05) is 6.54 Å². The molecule has 0 saturated heterocycles. The Balaban J connectivity index is 1.77. The lowest BCUT2D eigenvalue weighted by molar-refractivity contribution is 0.0658. The molecule has 0 radical (unpaired) electrons. The van der Waals surface area contributed by atoms with E-state index >= 15 is 0 Å². The first-order chi connectivity index (χ1) is 9.16. The molecule has 2 rings (SSSR count). The van der Waals surface area contributed by atoms with Crippen LogP contribution in [0.2, 0.25) is 0 Å². The molecule has 1 aromatic rings. The van der Waals surface area contributed by atoms with Gasteiger partial charge in [-0.25, -0.2) is 9.18 Å². The molecular weight excluding hydrogens is 249 g/mol. The highest BCUT2D eigenvalue weighted by Gasteiger charge is 2.14. The Morgan fingerprint density at radius 1 is 1.42 bits per heavy atom. The summed E-state index contributed by atoms with van der Waals surface area (Å²) < 4.78 is 19.2. The Kier molecular flexibility index (Phi) is 4.74. The fourth-order valence-corrected chi connectivity index (χ4v) is 2.26. The molecule has 1 aromatic carbocycles. The van der Waals surface area contributed by atoms with E-state index in [4.69, 9.17) is 9.84 Å². The fourth-order valence-electron chi connectivity index (χ4n) is 2.26. The quantitative estimate of drug-likeness (QED) is 0.778. The zero-order valence-corrected chi connectivity index (χ0v) is 10.7. The molecule has 104 valence electrons. The van der Waals surface area contributed by atoms with Crippen LogP contribution in [0.4, 0.5) is 10.1 Å². The fraction of sp³-hybridized carbons (Fsp3) is 0.500. The van der Waals surface area contributed by atoms with E-state index < -0.39 is 11.8 Å². The lowest BCUT2D eigenvalue weighted by Crippen LogP contribution is -2.16. The predicted molar refractivity (Wildman–Crippen MR) is 70.1 cm³/mol. The maximum Gasteiger partial charge on any atom is 0.335 e. The number of carboxylic acid groups (broad SMARTS) is 1. The third kappa shape index (κ3) is 3.92. The Hall–Kier alpha value is -1.62. The first kappa shape index (κ1) is 13.8. The van der Waals surface area contributed by atoms with Gasteiger partial charge in [-0.2, -0.15) is 0 Å². The molecule has 4 nitrogen and oxygen atoms in total. The molecule has 1 aliphatic rings. The second-order valence-electron chi connectivity index (χ2n) is 4.70. The van der Waals surface area contributed by atoms with Crippen LogP contribution in [0.15, 0.2) is 18.2 Å². The molecular formula is C14H18FNO3. The second kappa shape index (κ2) is 6.52. The van der Waals surface area contributed by atoms with Crippen molar-refractivity contribution >= 4 is 11.7 Å². The molecule has 19 heavy (non-hydrogen) atoms. The van der Waals surface area contributed by atoms with E-state index in [1.54, 1.807) is 0 Å². The summed E-state index contributed by atoms with van der Waals surface area (Å²) in [5.41, 5.74) is 0.255. The summed E-state index contributed by atoms with van der Waals surface area (Å²) in [6, 6.07) is 3.84. The minimum absolute atomic E-state index is 0.0507. The molecule has 0 amide bonds. The summed E-state index contributed by atoms with van der Waals surface area (Å²) in [6.45, 7) is 1.05. The van der Waals surface area contributed by atoms with Crippen LogP contribution in [0, 0.1) is 5.82 Å². The van der Waals surface area contributed by atoms with Crippen molar-refractivity contribution in [2.75, 3.05) is 18.5 Å². The average molecular weight is 267 g/mol. The highest BCUT2D eigenvalue weighted by Crippen LogP contribution is 2.21. The molecule has 1 aliphatic carbocycles. The van der Waals surface area contributed by atoms with Gasteiger partial charge in [-0.3, -0.25) is 0 Å². The van der Waals surface area contributed by atoms with Crippen molar-refractivity contribution in [2.45, 2.75) is 31.8 Å². The van der Waals surface area contributed by atoms with Crippen LogP contribution in [0.1, 0.15) is 36.0 Å². The number of nitrogens with one attached hydrogen (secondary N) is 1. The zero-order valence-electron chi connectivity index (χ0n) is 10.7. The van der Waals surface area contributed by atoms with Gasteiger partial charge in [-0.1, -0.05) is 12.8 Å². The standard InChI is InChI=1S/C14H18FNO3/c15-12-9-10(14(17)18)5-6-13(12)16-7-8-19-11-3-1-2-4-11/h5-6,9,11,16H,1-4,7-8H2,(H,17,18). The third-order valence-electron chi connectivity index (χ3n) is 3.29. The number of rotatable bonds is 6. The Bertz CT molecular complexity index is 444. The average Bonchev–Trinajstić information content (AvgIpc) is 2.89. The van der Waals surface area contributed by atoms with Crippen molar-refractivity contribution in [3.05, 3.63) is 29.6 Å². The van der Waals surface area contributed by atoms with Gasteiger partial charge < -0.3 is 15.2 Å². The highest BCUT2D eigenvalue weighted by atomic mass is 19.1. The number of halogens is 1. The Morgan fingerprint density at radius 2 is 2.16 bits per heavy atom. The largest absolute Gasteiger partial charge is 0.478 e. The summed E-state index contributed by atoms with van der Waals surface area (Å²) in [5.74, 6) is -1.68. The normalized spacial score (nSPS) is 15.6. The van der Waals surface area contributed by atoms with Crippen LogP contribution >= 0.6 is 0 Å². The molecule has 0 aromatic heterocycles. The van der Waals surface area contributed by atoms with Gasteiger partial charge in [0.1, 0.15) is 5.82 Å². The van der Waals surface area contributed by atoms with Gasteiger partial charge in [0.15, 0.2) is 0 Å². The van der Waals surface area contributed by atoms with Crippen molar-refractivity contribution < 1.29 is 19.0 Å². The minimum atomic E-state index is -1.13. The van der Waals surface area contributed by atoms with Crippen LogP contribution in [-0.4, -0.2) is 30.3 Å². The summed E-state index contributed by atoms with van der Waals surface area (Å²) >= 11 is 0. The molecule has 0 bridgehead atoms. The number of carboxylic acids is 1. The third-order valence-corrected chi connectivity index (χ3v) is 3.29. The first-order valence-corrected chi connectivity index (χ1v) is 6.55. The molecule has 0 heterocycles. The molecule has 0 atom stereocenters. The Morgan fingerprint density at radius 3 is 2.79 bits per heavy atom. The monoisotopic (exact) mass is 267 g/mol. The van der Waals surface area contributed by atoms with Crippen LogP contribution in [0.3, 0.4) is 0 Å². The molecule has 2 N–H and O–H groups in total. The number of anilines is 1. The van der Waals surface area contributed by atoms with E-state index in [1.165, 1.54) is 25.0 Å². The van der Waals surface area contributed by atoms with Gasteiger partial charge in [-0.05, 0) is 31.0 Å². The van der Waals surface area contributed by atoms with Crippen molar-refractivity contribution in [1.29, 1.82) is 0 Å². The Labute approximate surface area is 111 Å². The number of aromatic carboxylic acids is 1. The van der Waals surface area contributed by atoms with Crippen molar-refractivity contribution in [1.82, 2.24) is 0 Å². The maximum absolute atomic E-state index is 13.6. The number of hydrogen-bond acceptors (Lipinski definition) is 3. The van der Waals surface area contributed by atoms with Crippen molar-refractivity contribution in [3.8, 4) is 0 Å². The smallest absolute Gasteiger partial charge is 0.335 e. The van der Waals surface area contributed by atoms with E-state index in [-0.39, 0.29) is 5.56 Å². The van der Waals surface area contributed by atoms with E-state index in [9.17, 15) is 9.18 Å².